The average Bonchev–Trinajstić information content (AvgIpc) is 2.94. The molecule has 0 unspecified atom stereocenters. The van der Waals surface area contributed by atoms with E-state index in [0.717, 1.165) is 27.6 Å². The van der Waals surface area contributed by atoms with Gasteiger partial charge in [0.15, 0.2) is 0 Å². The highest BCUT2D eigenvalue weighted by Gasteiger charge is 2.11. The number of pyridine rings is 1. The molecule has 0 atom stereocenters. The molecule has 5 aromatic rings. The molecule has 4 aromatic carbocycles. The fourth-order valence-corrected chi connectivity index (χ4v) is 3.98. The maximum atomic E-state index is 13.0. The number of hydrogen-bond donors (Lipinski definition) is 1. The lowest BCUT2D eigenvalue weighted by molar-refractivity contribution is -0.112. The molecule has 1 amide bonds. The summed E-state index contributed by atoms with van der Waals surface area (Å²) in [5.74, 6) is -1.39. The quantitative estimate of drug-likeness (QED) is 0.0827. The van der Waals surface area contributed by atoms with Crippen molar-refractivity contribution >= 4 is 28.3 Å². The van der Waals surface area contributed by atoms with Crippen LogP contribution in [0.1, 0.15) is 22.3 Å². The monoisotopic (exact) mass is 534 g/mol. The van der Waals surface area contributed by atoms with Crippen LogP contribution in [0.5, 0.6) is 0 Å². The number of aryl methyl sites for hydroxylation is 2. The zero-order valence-electron chi connectivity index (χ0n) is 21.7. The number of benzene rings is 4. The van der Waals surface area contributed by atoms with Crippen molar-refractivity contribution in [3.8, 4) is 11.3 Å². The Labute approximate surface area is 228 Å². The topological polar surface area (TPSA) is 98.7 Å². The molecule has 5 rings (SSSR count). The second kappa shape index (κ2) is 12.5. The number of hydrogen-bond acceptors (Lipinski definition) is 2. The predicted octanol–water partition coefficient (Wildman–Crippen LogP) is 8.15. The second-order valence-electron chi connectivity index (χ2n) is 9.08. The standard InChI is InChI=1S/C16H12FN3O.C16H12FNO/c1-11-2-4-12(5-3-11)10-15(16(21)19-20-18)13-6-8-14(17)9-7-13;1-10-2-3-12-9-15(18-16(19)14(12)8-10)11-4-6-13(17)7-5-11/h2-10H,1H3;2-9H,1H3,(H,18,19)/b15-10-;. The third-order valence-electron chi connectivity index (χ3n) is 6.07. The molecule has 40 heavy (non-hydrogen) atoms. The first kappa shape index (κ1) is 27.7. The number of azide groups is 1. The summed E-state index contributed by atoms with van der Waals surface area (Å²) in [7, 11) is 0. The number of aromatic nitrogens is 1. The van der Waals surface area contributed by atoms with E-state index in [1.165, 1.54) is 36.4 Å². The maximum Gasteiger partial charge on any atom is 0.256 e. The van der Waals surface area contributed by atoms with Crippen LogP contribution in [0.25, 0.3) is 44.1 Å². The zero-order chi connectivity index (χ0) is 28.6. The van der Waals surface area contributed by atoms with Crippen molar-refractivity contribution in [2.45, 2.75) is 13.8 Å². The Morgan fingerprint density at radius 1 is 0.825 bits per heavy atom. The van der Waals surface area contributed by atoms with E-state index < -0.39 is 11.7 Å². The van der Waals surface area contributed by atoms with E-state index in [0.29, 0.717) is 16.6 Å². The van der Waals surface area contributed by atoms with Gasteiger partial charge in [0, 0.05) is 21.6 Å². The number of nitrogens with zero attached hydrogens (tertiary/aromatic N) is 3. The number of fused-ring (bicyclic) bond motifs is 1. The number of amides is 1. The van der Waals surface area contributed by atoms with Crippen molar-refractivity contribution in [2.24, 2.45) is 5.11 Å². The summed E-state index contributed by atoms with van der Waals surface area (Å²) in [5.41, 5.74) is 13.4. The molecule has 198 valence electrons. The van der Waals surface area contributed by atoms with E-state index in [2.05, 4.69) is 15.0 Å². The van der Waals surface area contributed by atoms with Gasteiger partial charge < -0.3 is 4.98 Å². The van der Waals surface area contributed by atoms with E-state index in [1.807, 2.05) is 62.4 Å². The number of rotatable bonds is 4. The van der Waals surface area contributed by atoms with Crippen molar-refractivity contribution in [3.05, 3.63) is 152 Å². The maximum absolute atomic E-state index is 13.0. The molecule has 0 spiro atoms. The minimum atomic E-state index is -0.704. The van der Waals surface area contributed by atoms with E-state index in [9.17, 15) is 18.4 Å². The number of carbonyl (C=O) groups is 1. The van der Waals surface area contributed by atoms with Crippen LogP contribution >= 0.6 is 0 Å². The fourth-order valence-electron chi connectivity index (χ4n) is 3.98. The minimum absolute atomic E-state index is 0.125. The van der Waals surface area contributed by atoms with Crippen LogP contribution in [0.4, 0.5) is 8.78 Å². The molecule has 0 fully saturated rings. The summed E-state index contributed by atoms with van der Waals surface area (Å²) in [6.45, 7) is 3.91. The summed E-state index contributed by atoms with van der Waals surface area (Å²) in [6, 6.07) is 26.7. The van der Waals surface area contributed by atoms with Crippen molar-refractivity contribution in [3.63, 3.8) is 0 Å². The van der Waals surface area contributed by atoms with Crippen molar-refractivity contribution in [1.29, 1.82) is 0 Å². The predicted molar refractivity (Wildman–Crippen MR) is 154 cm³/mol. The highest BCUT2D eigenvalue weighted by atomic mass is 19.1. The molecule has 6 nitrogen and oxygen atoms in total. The Kier molecular flexibility index (Phi) is 8.64. The molecular formula is C32H24F2N4O2. The lowest BCUT2D eigenvalue weighted by atomic mass is 10.0. The van der Waals surface area contributed by atoms with Gasteiger partial charge in [0.2, 0.25) is 5.91 Å². The Hall–Kier alpha value is -5.33. The molecule has 0 aliphatic rings. The highest BCUT2D eigenvalue weighted by Crippen LogP contribution is 2.22. The van der Waals surface area contributed by atoms with Crippen LogP contribution in [0.3, 0.4) is 0 Å². The lowest BCUT2D eigenvalue weighted by Gasteiger charge is -2.05. The molecule has 1 N–H and O–H groups in total. The van der Waals surface area contributed by atoms with Crippen LogP contribution in [-0.4, -0.2) is 10.9 Å². The highest BCUT2D eigenvalue weighted by molar-refractivity contribution is 6.24. The minimum Gasteiger partial charge on any atom is -0.321 e. The summed E-state index contributed by atoms with van der Waals surface area (Å²) in [5, 5.41) is 4.67. The Bertz CT molecular complexity index is 1800. The van der Waals surface area contributed by atoms with Crippen molar-refractivity contribution in [1.82, 2.24) is 4.98 Å². The number of carbonyl (C=O) groups excluding carboxylic acids is 1. The Balaban J connectivity index is 0.000000186. The van der Waals surface area contributed by atoms with Gasteiger partial charge >= 0.3 is 0 Å². The van der Waals surface area contributed by atoms with Gasteiger partial charge in [-0.1, -0.05) is 59.7 Å². The molecule has 0 aliphatic carbocycles. The van der Waals surface area contributed by atoms with Gasteiger partial charge in [-0.2, -0.15) is 0 Å². The molecule has 0 radical (unpaired) electrons. The molecule has 0 saturated heterocycles. The number of halogens is 2. The number of aromatic amines is 1. The average molecular weight is 535 g/mol. The van der Waals surface area contributed by atoms with Gasteiger partial charge in [0.25, 0.3) is 5.56 Å². The number of nitrogens with one attached hydrogen (secondary N) is 1. The van der Waals surface area contributed by atoms with Crippen LogP contribution in [0.2, 0.25) is 0 Å². The van der Waals surface area contributed by atoms with E-state index >= 15 is 0 Å². The fraction of sp³-hybridized carbons (Fsp3) is 0.0625. The normalized spacial score (nSPS) is 10.8. The van der Waals surface area contributed by atoms with Crippen LogP contribution in [0.15, 0.2) is 107 Å². The van der Waals surface area contributed by atoms with Gasteiger partial charge in [0.05, 0.1) is 0 Å². The molecule has 1 aromatic heterocycles. The second-order valence-corrected chi connectivity index (χ2v) is 9.08. The summed E-state index contributed by atoms with van der Waals surface area (Å²) in [6.07, 6.45) is 1.61. The van der Waals surface area contributed by atoms with Crippen LogP contribution in [0, 0.1) is 25.5 Å². The first-order valence-electron chi connectivity index (χ1n) is 12.3. The van der Waals surface area contributed by atoms with E-state index in [-0.39, 0.29) is 16.9 Å². The van der Waals surface area contributed by atoms with E-state index in [1.54, 1.807) is 18.2 Å². The van der Waals surface area contributed by atoms with Crippen LogP contribution < -0.4 is 5.56 Å². The smallest absolute Gasteiger partial charge is 0.256 e. The van der Waals surface area contributed by atoms with Gasteiger partial charge in [0.1, 0.15) is 11.6 Å². The van der Waals surface area contributed by atoms with Crippen molar-refractivity contribution in [2.75, 3.05) is 0 Å². The zero-order valence-corrected chi connectivity index (χ0v) is 21.7. The SMILES string of the molecule is Cc1ccc(/C=C(\C(=O)N=[N+]=[N-])c2ccc(F)cc2)cc1.Cc1ccc2cc(-c3ccc(F)cc3)[nH]c(=O)c2c1. The first-order chi connectivity index (χ1) is 19.2. The summed E-state index contributed by atoms with van der Waals surface area (Å²) < 4.78 is 25.9. The Morgan fingerprint density at radius 3 is 2.05 bits per heavy atom. The molecule has 0 saturated carbocycles. The summed E-state index contributed by atoms with van der Waals surface area (Å²) >= 11 is 0. The lowest BCUT2D eigenvalue weighted by Crippen LogP contribution is -2.07. The molecular weight excluding hydrogens is 510 g/mol. The molecule has 0 bridgehead atoms. The third-order valence-corrected chi connectivity index (χ3v) is 6.07. The third kappa shape index (κ3) is 6.95. The van der Waals surface area contributed by atoms with Gasteiger partial charge in [-0.05, 0) is 101 Å². The largest absolute Gasteiger partial charge is 0.321 e. The van der Waals surface area contributed by atoms with Gasteiger partial charge in [-0.15, -0.1) is 0 Å². The Morgan fingerprint density at radius 2 is 1.43 bits per heavy atom. The molecule has 8 heteroatoms. The summed E-state index contributed by atoms with van der Waals surface area (Å²) in [4.78, 5) is 29.3. The van der Waals surface area contributed by atoms with Gasteiger partial charge in [-0.25, -0.2) is 8.78 Å². The first-order valence-corrected chi connectivity index (χ1v) is 12.3. The van der Waals surface area contributed by atoms with Crippen LogP contribution in [-0.2, 0) is 4.79 Å². The van der Waals surface area contributed by atoms with Crippen molar-refractivity contribution < 1.29 is 13.6 Å². The molecule has 1 heterocycles. The van der Waals surface area contributed by atoms with Gasteiger partial charge in [-0.3, -0.25) is 9.59 Å². The molecule has 0 aliphatic heterocycles. The number of H-pyrrole nitrogens is 1. The van der Waals surface area contributed by atoms with E-state index in [4.69, 9.17) is 5.53 Å².